The van der Waals surface area contributed by atoms with Crippen molar-refractivity contribution in [2.24, 2.45) is 15.7 Å². The van der Waals surface area contributed by atoms with Crippen LogP contribution in [0.2, 0.25) is 0 Å². The average Bonchev–Trinajstić information content (AvgIpc) is 2.26. The fourth-order valence-electron chi connectivity index (χ4n) is 1.23. The van der Waals surface area contributed by atoms with Crippen LogP contribution in [0.1, 0.15) is 20.3 Å². The van der Waals surface area contributed by atoms with Crippen molar-refractivity contribution in [3.63, 3.8) is 0 Å². The summed E-state index contributed by atoms with van der Waals surface area (Å²) >= 11 is 0. The van der Waals surface area contributed by atoms with Crippen LogP contribution < -0.4 is 5.73 Å². The van der Waals surface area contributed by atoms with Gasteiger partial charge in [0.1, 0.15) is 0 Å². The van der Waals surface area contributed by atoms with E-state index in [1.165, 1.54) is 0 Å². The molecule has 0 saturated heterocycles. The van der Waals surface area contributed by atoms with E-state index in [2.05, 4.69) is 16.9 Å². The molecule has 11 heavy (non-hydrogen) atoms. The second-order valence-corrected chi connectivity index (χ2v) is 2.49. The minimum Gasteiger partial charge on any atom is -0.395 e. The van der Waals surface area contributed by atoms with E-state index in [-0.39, 0.29) is 0 Å². The van der Waals surface area contributed by atoms with Crippen molar-refractivity contribution in [1.82, 2.24) is 0 Å². The number of hydrogen-bond donors (Lipinski definition) is 1. The third-order valence-electron chi connectivity index (χ3n) is 1.84. The summed E-state index contributed by atoms with van der Waals surface area (Å²) in [6.45, 7) is 4.03. The molecule has 0 aromatic rings. The first kappa shape index (κ1) is 7.98. The van der Waals surface area contributed by atoms with Crippen molar-refractivity contribution in [2.75, 3.05) is 7.05 Å². The zero-order valence-electron chi connectivity index (χ0n) is 7.18. The molecule has 0 amide bonds. The fraction of sp³-hybridized carbons (Fsp3) is 0.500. The van der Waals surface area contributed by atoms with Gasteiger partial charge in [-0.15, -0.1) is 0 Å². The second kappa shape index (κ2) is 2.86. The lowest BCUT2D eigenvalue weighted by Crippen LogP contribution is -2.07. The zero-order valence-corrected chi connectivity index (χ0v) is 7.18. The van der Waals surface area contributed by atoms with Crippen LogP contribution in [-0.2, 0) is 0 Å². The quantitative estimate of drug-likeness (QED) is 0.599. The van der Waals surface area contributed by atoms with E-state index < -0.39 is 0 Å². The highest BCUT2D eigenvalue weighted by atomic mass is 15.0. The summed E-state index contributed by atoms with van der Waals surface area (Å²) in [4.78, 5) is 8.17. The number of allylic oxidation sites excluding steroid dienone is 1. The maximum Gasteiger partial charge on any atom is 0.171 e. The molecule has 1 heterocycles. The van der Waals surface area contributed by atoms with E-state index in [1.54, 1.807) is 7.05 Å². The maximum atomic E-state index is 5.77. The Morgan fingerprint density at radius 3 is 2.45 bits per heavy atom. The summed E-state index contributed by atoms with van der Waals surface area (Å²) in [7, 11) is 1.71. The highest BCUT2D eigenvalue weighted by Gasteiger charge is 2.16. The lowest BCUT2D eigenvalue weighted by Gasteiger charge is -1.97. The second-order valence-electron chi connectivity index (χ2n) is 2.49. The summed E-state index contributed by atoms with van der Waals surface area (Å²) in [5.41, 5.74) is 8.65. The van der Waals surface area contributed by atoms with Gasteiger partial charge in [-0.2, -0.15) is 0 Å². The van der Waals surface area contributed by atoms with E-state index in [4.69, 9.17) is 5.73 Å². The molecule has 0 unspecified atom stereocenters. The highest BCUT2D eigenvalue weighted by Crippen LogP contribution is 2.16. The van der Waals surface area contributed by atoms with Gasteiger partial charge in [0.25, 0.3) is 0 Å². The van der Waals surface area contributed by atoms with E-state index in [0.29, 0.717) is 5.84 Å². The van der Waals surface area contributed by atoms with Gasteiger partial charge in [-0.05, 0) is 18.9 Å². The predicted molar refractivity (Wildman–Crippen MR) is 48.0 cm³/mol. The number of hydrogen-bond acceptors (Lipinski definition) is 2. The summed E-state index contributed by atoms with van der Waals surface area (Å²) in [5.74, 6) is 0.680. The van der Waals surface area contributed by atoms with Gasteiger partial charge < -0.3 is 5.73 Å². The van der Waals surface area contributed by atoms with E-state index in [9.17, 15) is 0 Å². The van der Waals surface area contributed by atoms with E-state index in [1.807, 2.05) is 6.92 Å². The highest BCUT2D eigenvalue weighted by molar-refractivity contribution is 6.19. The smallest absolute Gasteiger partial charge is 0.171 e. The van der Waals surface area contributed by atoms with Crippen LogP contribution in [0.5, 0.6) is 0 Å². The molecule has 0 aromatic carbocycles. The third kappa shape index (κ3) is 1.18. The SMILES string of the molecule is CCC1=C(N)C(=NC)N=C1C. The Kier molecular flexibility index (Phi) is 2.08. The molecule has 60 valence electrons. The molecule has 1 rings (SSSR count). The van der Waals surface area contributed by atoms with Crippen LogP contribution in [-0.4, -0.2) is 18.6 Å². The van der Waals surface area contributed by atoms with Gasteiger partial charge in [-0.25, -0.2) is 4.99 Å². The molecule has 1 aliphatic heterocycles. The van der Waals surface area contributed by atoms with Crippen molar-refractivity contribution < 1.29 is 0 Å². The Balaban J connectivity index is 3.09. The topological polar surface area (TPSA) is 50.7 Å². The molecule has 3 heteroatoms. The molecular weight excluding hydrogens is 138 g/mol. The van der Waals surface area contributed by atoms with Crippen LogP contribution in [0.3, 0.4) is 0 Å². The Labute approximate surface area is 66.7 Å². The Morgan fingerprint density at radius 1 is 1.55 bits per heavy atom. The predicted octanol–water partition coefficient (Wildman–Crippen LogP) is 1.11. The Hall–Kier alpha value is -1.12. The molecule has 0 saturated carbocycles. The number of aliphatic imine (C=N–C) groups is 2. The van der Waals surface area contributed by atoms with Crippen molar-refractivity contribution in [1.29, 1.82) is 0 Å². The first-order valence-electron chi connectivity index (χ1n) is 3.72. The maximum absolute atomic E-state index is 5.77. The summed E-state index contributed by atoms with van der Waals surface area (Å²) < 4.78 is 0. The van der Waals surface area contributed by atoms with Crippen LogP contribution in [0, 0.1) is 0 Å². The number of nitrogens with zero attached hydrogens (tertiary/aromatic N) is 2. The van der Waals surface area contributed by atoms with Gasteiger partial charge in [0.2, 0.25) is 0 Å². The summed E-state index contributed by atoms with van der Waals surface area (Å²) in [5, 5.41) is 0. The molecule has 0 bridgehead atoms. The minimum absolute atomic E-state index is 0.680. The lowest BCUT2D eigenvalue weighted by molar-refractivity contribution is 1.15. The number of nitrogens with two attached hydrogens (primary N) is 1. The van der Waals surface area contributed by atoms with E-state index >= 15 is 0 Å². The van der Waals surface area contributed by atoms with Crippen molar-refractivity contribution in [2.45, 2.75) is 20.3 Å². The van der Waals surface area contributed by atoms with Crippen LogP contribution >= 0.6 is 0 Å². The minimum atomic E-state index is 0.680. The van der Waals surface area contributed by atoms with Gasteiger partial charge in [0.05, 0.1) is 5.70 Å². The average molecular weight is 151 g/mol. The summed E-state index contributed by atoms with van der Waals surface area (Å²) in [6, 6.07) is 0. The van der Waals surface area contributed by atoms with Gasteiger partial charge in [0, 0.05) is 12.8 Å². The van der Waals surface area contributed by atoms with Gasteiger partial charge in [-0.1, -0.05) is 6.92 Å². The largest absolute Gasteiger partial charge is 0.395 e. The normalized spacial score (nSPS) is 21.4. The third-order valence-corrected chi connectivity index (χ3v) is 1.84. The van der Waals surface area contributed by atoms with Crippen LogP contribution in [0.15, 0.2) is 21.3 Å². The van der Waals surface area contributed by atoms with Crippen molar-refractivity contribution in [3.05, 3.63) is 11.3 Å². The monoisotopic (exact) mass is 151 g/mol. The molecule has 0 spiro atoms. The molecule has 0 radical (unpaired) electrons. The van der Waals surface area contributed by atoms with Crippen molar-refractivity contribution >= 4 is 11.5 Å². The van der Waals surface area contributed by atoms with Crippen LogP contribution in [0.4, 0.5) is 0 Å². The molecule has 0 aromatic heterocycles. The van der Waals surface area contributed by atoms with Gasteiger partial charge in [-0.3, -0.25) is 4.99 Å². The Bertz CT molecular complexity index is 259. The number of rotatable bonds is 1. The van der Waals surface area contributed by atoms with Gasteiger partial charge >= 0.3 is 0 Å². The molecule has 0 atom stereocenters. The Morgan fingerprint density at radius 2 is 2.18 bits per heavy atom. The standard InChI is InChI=1S/C8H13N3/c1-4-6-5(2)11-8(10-3)7(6)9/h4H2,1-3H3,(H2,9,10,11). The number of amidine groups is 1. The first-order chi connectivity index (χ1) is 5.20. The first-order valence-corrected chi connectivity index (χ1v) is 3.72. The lowest BCUT2D eigenvalue weighted by atomic mass is 10.1. The van der Waals surface area contributed by atoms with E-state index in [0.717, 1.165) is 23.4 Å². The fourth-order valence-corrected chi connectivity index (χ4v) is 1.23. The molecule has 0 aliphatic carbocycles. The molecule has 0 fully saturated rings. The molecule has 3 nitrogen and oxygen atoms in total. The van der Waals surface area contributed by atoms with Crippen molar-refractivity contribution in [3.8, 4) is 0 Å². The molecular formula is C8H13N3. The van der Waals surface area contributed by atoms with Gasteiger partial charge in [0.15, 0.2) is 5.84 Å². The molecule has 1 aliphatic rings. The zero-order chi connectivity index (χ0) is 8.43. The van der Waals surface area contributed by atoms with Crippen LogP contribution in [0.25, 0.3) is 0 Å². The summed E-state index contributed by atoms with van der Waals surface area (Å²) in [6.07, 6.45) is 0.931. The molecule has 2 N–H and O–H groups in total.